The van der Waals surface area contributed by atoms with Crippen LogP contribution in [-0.4, -0.2) is 47.6 Å². The van der Waals surface area contributed by atoms with Gasteiger partial charge in [0.2, 0.25) is 11.8 Å². The summed E-state index contributed by atoms with van der Waals surface area (Å²) < 4.78 is 5.49. The molecule has 2 heterocycles. The molecule has 2 saturated carbocycles. The maximum atomic E-state index is 13.2. The lowest BCUT2D eigenvalue weighted by Gasteiger charge is -2.49. The first-order valence-corrected chi connectivity index (χ1v) is 8.44. The number of nitrogens with one attached hydrogen (secondary N) is 1. The summed E-state index contributed by atoms with van der Waals surface area (Å²) in [6.45, 7) is 1.30. The summed E-state index contributed by atoms with van der Waals surface area (Å²) >= 11 is 0. The summed E-state index contributed by atoms with van der Waals surface area (Å²) in [5, 5.41) is 3.14. The van der Waals surface area contributed by atoms with Crippen LogP contribution in [0.5, 0.6) is 0 Å². The van der Waals surface area contributed by atoms with Gasteiger partial charge in [-0.15, -0.1) is 0 Å². The average molecular weight is 292 g/mol. The Balaban J connectivity index is 1.66. The third-order valence-corrected chi connectivity index (χ3v) is 5.65. The van der Waals surface area contributed by atoms with Crippen LogP contribution in [0, 0.1) is 5.92 Å². The van der Waals surface area contributed by atoms with Crippen molar-refractivity contribution in [2.45, 2.75) is 69.0 Å². The molecule has 5 nitrogen and oxygen atoms in total. The Morgan fingerprint density at radius 2 is 1.86 bits per heavy atom. The van der Waals surface area contributed by atoms with E-state index < -0.39 is 5.54 Å². The number of rotatable bonds is 2. The van der Waals surface area contributed by atoms with E-state index in [1.54, 1.807) is 0 Å². The minimum Gasteiger partial charge on any atom is -0.379 e. The molecule has 2 unspecified atom stereocenters. The number of hydrogen-bond acceptors (Lipinski definition) is 3. The van der Waals surface area contributed by atoms with Gasteiger partial charge in [0.15, 0.2) is 0 Å². The predicted octanol–water partition coefficient (Wildman–Crippen LogP) is 1.22. The molecule has 0 aromatic rings. The first-order valence-electron chi connectivity index (χ1n) is 8.44. The van der Waals surface area contributed by atoms with E-state index in [1.165, 1.54) is 6.42 Å². The van der Waals surface area contributed by atoms with Gasteiger partial charge in [-0.05, 0) is 38.0 Å². The number of hydrogen-bond donors (Lipinski definition) is 1. The second-order valence-corrected chi connectivity index (χ2v) is 7.14. The molecule has 2 aliphatic carbocycles. The smallest absolute Gasteiger partial charge is 0.249 e. The summed E-state index contributed by atoms with van der Waals surface area (Å²) in [6, 6.07) is -0.135. The number of ether oxygens (including phenoxy) is 1. The molecule has 21 heavy (non-hydrogen) atoms. The molecular weight excluding hydrogens is 268 g/mol. The largest absolute Gasteiger partial charge is 0.379 e. The van der Waals surface area contributed by atoms with Crippen molar-refractivity contribution in [1.29, 1.82) is 0 Å². The second-order valence-electron chi connectivity index (χ2n) is 7.14. The number of amides is 2. The van der Waals surface area contributed by atoms with E-state index >= 15 is 0 Å². The Morgan fingerprint density at radius 1 is 1.10 bits per heavy atom. The van der Waals surface area contributed by atoms with Crippen LogP contribution in [-0.2, 0) is 14.3 Å². The van der Waals surface area contributed by atoms with Gasteiger partial charge in [0.25, 0.3) is 0 Å². The molecule has 0 aromatic carbocycles. The highest BCUT2D eigenvalue weighted by Crippen LogP contribution is 2.42. The van der Waals surface area contributed by atoms with Gasteiger partial charge in [-0.2, -0.15) is 0 Å². The van der Waals surface area contributed by atoms with E-state index in [-0.39, 0.29) is 23.9 Å². The third-order valence-electron chi connectivity index (χ3n) is 5.65. The van der Waals surface area contributed by atoms with Crippen molar-refractivity contribution in [2.24, 2.45) is 5.92 Å². The van der Waals surface area contributed by atoms with Crippen molar-refractivity contribution >= 4 is 11.8 Å². The minimum atomic E-state index is -0.608. The quantitative estimate of drug-likeness (QED) is 0.832. The van der Waals surface area contributed by atoms with Crippen molar-refractivity contribution < 1.29 is 14.3 Å². The standard InChI is InChI=1S/C16H24N2O3/c19-14-13(11-4-5-11)18(12-6-9-21-10-12)15(20)16(17-14)7-2-1-3-8-16/h11-13H,1-10H2,(H,17,19). The lowest BCUT2D eigenvalue weighted by atomic mass is 9.77. The lowest BCUT2D eigenvalue weighted by molar-refractivity contribution is -0.160. The normalized spacial score (nSPS) is 36.1. The van der Waals surface area contributed by atoms with Crippen LogP contribution in [0.4, 0.5) is 0 Å². The van der Waals surface area contributed by atoms with Crippen LogP contribution < -0.4 is 5.32 Å². The molecule has 4 fully saturated rings. The monoisotopic (exact) mass is 292 g/mol. The maximum Gasteiger partial charge on any atom is 0.249 e. The highest BCUT2D eigenvalue weighted by Gasteiger charge is 2.56. The predicted molar refractivity (Wildman–Crippen MR) is 76.5 cm³/mol. The third kappa shape index (κ3) is 2.17. The molecular formula is C16H24N2O3. The van der Waals surface area contributed by atoms with E-state index in [2.05, 4.69) is 5.32 Å². The zero-order valence-electron chi connectivity index (χ0n) is 12.5. The molecule has 0 radical (unpaired) electrons. The number of carbonyl (C=O) groups excluding carboxylic acids is 2. The summed E-state index contributed by atoms with van der Waals surface area (Å²) in [7, 11) is 0. The van der Waals surface area contributed by atoms with Crippen molar-refractivity contribution in [3.05, 3.63) is 0 Å². The average Bonchev–Trinajstić information content (AvgIpc) is 3.17. The lowest BCUT2D eigenvalue weighted by Crippen LogP contribution is -2.73. The Bertz CT molecular complexity index is 448. The van der Waals surface area contributed by atoms with Gasteiger partial charge >= 0.3 is 0 Å². The first-order chi connectivity index (χ1) is 10.2. The van der Waals surface area contributed by atoms with Gasteiger partial charge in [-0.1, -0.05) is 19.3 Å². The van der Waals surface area contributed by atoms with Gasteiger partial charge in [0.1, 0.15) is 11.6 Å². The molecule has 1 spiro atoms. The van der Waals surface area contributed by atoms with Crippen molar-refractivity contribution in [3.8, 4) is 0 Å². The van der Waals surface area contributed by atoms with E-state index in [0.717, 1.165) is 44.9 Å². The fourth-order valence-electron chi connectivity index (χ4n) is 4.34. The zero-order chi connectivity index (χ0) is 14.4. The van der Waals surface area contributed by atoms with Crippen LogP contribution in [0.2, 0.25) is 0 Å². The highest BCUT2D eigenvalue weighted by atomic mass is 16.5. The van der Waals surface area contributed by atoms with Crippen molar-refractivity contribution in [3.63, 3.8) is 0 Å². The van der Waals surface area contributed by atoms with Crippen LogP contribution in [0.3, 0.4) is 0 Å². The minimum absolute atomic E-state index is 0.0888. The molecule has 1 N–H and O–H groups in total. The molecule has 116 valence electrons. The van der Waals surface area contributed by atoms with E-state index in [4.69, 9.17) is 4.74 Å². The highest BCUT2D eigenvalue weighted by molar-refractivity contribution is 6.00. The van der Waals surface area contributed by atoms with Crippen LogP contribution >= 0.6 is 0 Å². The Hall–Kier alpha value is -1.10. The molecule has 2 atom stereocenters. The zero-order valence-corrected chi connectivity index (χ0v) is 12.5. The van der Waals surface area contributed by atoms with E-state index in [9.17, 15) is 9.59 Å². The van der Waals surface area contributed by atoms with Crippen LogP contribution in [0.1, 0.15) is 51.4 Å². The van der Waals surface area contributed by atoms with E-state index in [1.807, 2.05) is 4.90 Å². The second kappa shape index (κ2) is 4.97. The molecule has 4 rings (SSSR count). The van der Waals surface area contributed by atoms with Gasteiger partial charge in [-0.25, -0.2) is 0 Å². The summed E-state index contributed by atoms with van der Waals surface area (Å²) in [5.74, 6) is 0.635. The molecule has 0 bridgehead atoms. The topological polar surface area (TPSA) is 58.6 Å². The van der Waals surface area contributed by atoms with Gasteiger partial charge in [0, 0.05) is 6.61 Å². The maximum absolute atomic E-state index is 13.2. The molecule has 4 aliphatic rings. The Kier molecular flexibility index (Phi) is 3.21. The molecule has 2 aliphatic heterocycles. The van der Waals surface area contributed by atoms with Gasteiger partial charge in [-0.3, -0.25) is 9.59 Å². The first kappa shape index (κ1) is 13.6. The molecule has 2 amide bonds. The number of piperazine rings is 1. The molecule has 5 heteroatoms. The fourth-order valence-corrected chi connectivity index (χ4v) is 4.34. The summed E-state index contributed by atoms with van der Waals surface area (Å²) in [5.41, 5.74) is -0.608. The Labute approximate surface area is 125 Å². The van der Waals surface area contributed by atoms with Crippen LogP contribution in [0.15, 0.2) is 0 Å². The fraction of sp³-hybridized carbons (Fsp3) is 0.875. The van der Waals surface area contributed by atoms with Crippen LogP contribution in [0.25, 0.3) is 0 Å². The van der Waals surface area contributed by atoms with E-state index in [0.29, 0.717) is 19.1 Å². The SMILES string of the molecule is O=C1NC2(CCCCC2)C(=O)N(C2CCOC2)C1C1CC1. The molecule has 0 aromatic heterocycles. The van der Waals surface area contributed by atoms with Crippen molar-refractivity contribution in [2.75, 3.05) is 13.2 Å². The summed E-state index contributed by atoms with van der Waals surface area (Å²) in [6.07, 6.45) is 7.87. The Morgan fingerprint density at radius 3 is 2.48 bits per heavy atom. The number of nitrogens with zero attached hydrogens (tertiary/aromatic N) is 1. The van der Waals surface area contributed by atoms with Gasteiger partial charge in [0.05, 0.1) is 12.6 Å². The van der Waals surface area contributed by atoms with Crippen molar-refractivity contribution in [1.82, 2.24) is 10.2 Å². The number of carbonyl (C=O) groups is 2. The molecule has 2 saturated heterocycles. The summed E-state index contributed by atoms with van der Waals surface area (Å²) in [4.78, 5) is 27.9. The van der Waals surface area contributed by atoms with Gasteiger partial charge < -0.3 is 15.0 Å².